The highest BCUT2D eigenvalue weighted by Crippen LogP contribution is 2.36. The van der Waals surface area contributed by atoms with E-state index < -0.39 is 0 Å². The van der Waals surface area contributed by atoms with E-state index in [1.807, 2.05) is 0 Å². The molecule has 0 unspecified atom stereocenters. The fraction of sp³-hybridized carbons (Fsp3) is 1.00. The predicted molar refractivity (Wildman–Crippen MR) is 89.7 cm³/mol. The van der Waals surface area contributed by atoms with Crippen molar-refractivity contribution < 1.29 is 9.47 Å². The van der Waals surface area contributed by atoms with E-state index in [0.29, 0.717) is 12.0 Å². The van der Waals surface area contributed by atoms with Gasteiger partial charge in [-0.25, -0.2) is 0 Å². The fourth-order valence-corrected chi connectivity index (χ4v) is 3.01. The summed E-state index contributed by atoms with van der Waals surface area (Å²) in [7, 11) is 0. The Kier molecular flexibility index (Phi) is 8.84. The topological polar surface area (TPSA) is 30.5 Å². The quantitative estimate of drug-likeness (QED) is 0.618. The van der Waals surface area contributed by atoms with Gasteiger partial charge in [-0.05, 0) is 37.5 Å². The fourth-order valence-electron chi connectivity index (χ4n) is 3.01. The van der Waals surface area contributed by atoms with Gasteiger partial charge in [-0.2, -0.15) is 0 Å². The standard InChI is InChI=1S/C18H37NO2/c1-6-17-7-9-18(10-8-17,14-19-16(4)5)21-12-11-20-13-15(2)3/h15-17,19H,6-14H2,1-5H3. The van der Waals surface area contributed by atoms with Crippen LogP contribution in [0.5, 0.6) is 0 Å². The van der Waals surface area contributed by atoms with Crippen LogP contribution in [0.15, 0.2) is 0 Å². The maximum atomic E-state index is 6.31. The summed E-state index contributed by atoms with van der Waals surface area (Å²) >= 11 is 0. The van der Waals surface area contributed by atoms with E-state index in [-0.39, 0.29) is 5.60 Å². The zero-order valence-corrected chi connectivity index (χ0v) is 14.9. The van der Waals surface area contributed by atoms with Crippen LogP contribution in [-0.4, -0.2) is 38.0 Å². The van der Waals surface area contributed by atoms with Crippen LogP contribution in [0.1, 0.15) is 66.7 Å². The van der Waals surface area contributed by atoms with Gasteiger partial charge in [-0.15, -0.1) is 0 Å². The van der Waals surface area contributed by atoms with Crippen molar-refractivity contribution >= 4 is 0 Å². The van der Waals surface area contributed by atoms with Gasteiger partial charge in [-0.3, -0.25) is 0 Å². The summed E-state index contributed by atoms with van der Waals surface area (Å²) in [6.45, 7) is 14.3. The first-order chi connectivity index (χ1) is 9.97. The molecule has 0 bridgehead atoms. The molecule has 0 atom stereocenters. The third-order valence-corrected chi connectivity index (χ3v) is 4.51. The molecule has 1 fully saturated rings. The second kappa shape index (κ2) is 9.81. The molecule has 1 N–H and O–H groups in total. The summed E-state index contributed by atoms with van der Waals surface area (Å²) in [5, 5.41) is 3.58. The van der Waals surface area contributed by atoms with Crippen LogP contribution in [0.2, 0.25) is 0 Å². The largest absolute Gasteiger partial charge is 0.379 e. The molecule has 3 heteroatoms. The van der Waals surface area contributed by atoms with Gasteiger partial charge < -0.3 is 14.8 Å². The minimum Gasteiger partial charge on any atom is -0.379 e. The molecule has 0 aromatic heterocycles. The van der Waals surface area contributed by atoms with Crippen molar-refractivity contribution in [2.24, 2.45) is 11.8 Å². The summed E-state index contributed by atoms with van der Waals surface area (Å²) in [5.74, 6) is 1.50. The third-order valence-electron chi connectivity index (χ3n) is 4.51. The minimum atomic E-state index is 0.0388. The summed E-state index contributed by atoms with van der Waals surface area (Å²) < 4.78 is 12.0. The van der Waals surface area contributed by atoms with Crippen molar-refractivity contribution in [3.05, 3.63) is 0 Å². The van der Waals surface area contributed by atoms with E-state index in [0.717, 1.165) is 32.3 Å². The number of hydrogen-bond acceptors (Lipinski definition) is 3. The Hall–Kier alpha value is -0.120. The Balaban J connectivity index is 2.38. The Morgan fingerprint density at radius 3 is 2.29 bits per heavy atom. The van der Waals surface area contributed by atoms with Gasteiger partial charge in [0.05, 0.1) is 18.8 Å². The van der Waals surface area contributed by atoms with Crippen LogP contribution >= 0.6 is 0 Å². The van der Waals surface area contributed by atoms with Crippen molar-refractivity contribution in [1.29, 1.82) is 0 Å². The van der Waals surface area contributed by atoms with Gasteiger partial charge in [0.15, 0.2) is 0 Å². The highest BCUT2D eigenvalue weighted by Gasteiger charge is 2.35. The van der Waals surface area contributed by atoms with E-state index in [4.69, 9.17) is 9.47 Å². The van der Waals surface area contributed by atoms with Crippen molar-refractivity contribution in [2.75, 3.05) is 26.4 Å². The Morgan fingerprint density at radius 2 is 1.76 bits per heavy atom. The summed E-state index contributed by atoms with van der Waals surface area (Å²) in [4.78, 5) is 0. The summed E-state index contributed by atoms with van der Waals surface area (Å²) in [5.41, 5.74) is 0.0388. The van der Waals surface area contributed by atoms with Crippen molar-refractivity contribution in [3.8, 4) is 0 Å². The van der Waals surface area contributed by atoms with E-state index >= 15 is 0 Å². The molecule has 0 aromatic carbocycles. The molecule has 0 aromatic rings. The zero-order chi connectivity index (χ0) is 15.7. The molecule has 0 aliphatic heterocycles. The first kappa shape index (κ1) is 18.9. The average Bonchev–Trinajstić information content (AvgIpc) is 2.45. The molecular weight excluding hydrogens is 262 g/mol. The highest BCUT2D eigenvalue weighted by molar-refractivity contribution is 4.89. The molecule has 1 saturated carbocycles. The third kappa shape index (κ3) is 7.62. The molecular formula is C18H37NO2. The molecule has 21 heavy (non-hydrogen) atoms. The zero-order valence-electron chi connectivity index (χ0n) is 14.9. The van der Waals surface area contributed by atoms with Crippen LogP contribution < -0.4 is 5.32 Å². The molecule has 1 rings (SSSR count). The molecule has 1 aliphatic rings. The van der Waals surface area contributed by atoms with E-state index in [1.165, 1.54) is 32.1 Å². The summed E-state index contributed by atoms with van der Waals surface area (Å²) in [6, 6.07) is 0.520. The number of rotatable bonds is 10. The Labute approximate surface area is 132 Å². The number of ether oxygens (including phenoxy) is 2. The maximum Gasteiger partial charge on any atom is 0.0807 e. The first-order valence-electron chi connectivity index (χ1n) is 8.92. The minimum absolute atomic E-state index is 0.0388. The molecule has 126 valence electrons. The van der Waals surface area contributed by atoms with E-state index in [2.05, 4.69) is 39.9 Å². The van der Waals surface area contributed by atoms with Crippen LogP contribution in [0.3, 0.4) is 0 Å². The van der Waals surface area contributed by atoms with Gasteiger partial charge >= 0.3 is 0 Å². The van der Waals surface area contributed by atoms with Crippen molar-refractivity contribution in [3.63, 3.8) is 0 Å². The van der Waals surface area contributed by atoms with Crippen molar-refractivity contribution in [2.45, 2.75) is 78.4 Å². The van der Waals surface area contributed by atoms with Crippen LogP contribution in [0, 0.1) is 11.8 Å². The molecule has 0 amide bonds. The molecule has 0 spiro atoms. The molecule has 3 nitrogen and oxygen atoms in total. The second-order valence-electron chi connectivity index (χ2n) is 7.39. The Bertz CT molecular complexity index is 258. The highest BCUT2D eigenvalue weighted by atomic mass is 16.5. The van der Waals surface area contributed by atoms with Gasteiger partial charge in [0, 0.05) is 19.2 Å². The average molecular weight is 299 g/mol. The number of nitrogens with one attached hydrogen (secondary N) is 1. The van der Waals surface area contributed by atoms with Gasteiger partial charge in [0.25, 0.3) is 0 Å². The van der Waals surface area contributed by atoms with E-state index in [9.17, 15) is 0 Å². The van der Waals surface area contributed by atoms with Gasteiger partial charge in [-0.1, -0.05) is 41.0 Å². The molecule has 0 saturated heterocycles. The first-order valence-corrected chi connectivity index (χ1v) is 8.92. The van der Waals surface area contributed by atoms with Crippen molar-refractivity contribution in [1.82, 2.24) is 5.32 Å². The molecule has 1 aliphatic carbocycles. The SMILES string of the molecule is CCC1CCC(CNC(C)C)(OCCOCC(C)C)CC1. The maximum absolute atomic E-state index is 6.31. The second-order valence-corrected chi connectivity index (χ2v) is 7.39. The summed E-state index contributed by atoms with van der Waals surface area (Å²) in [6.07, 6.45) is 6.31. The lowest BCUT2D eigenvalue weighted by Crippen LogP contribution is -2.48. The lowest BCUT2D eigenvalue weighted by Gasteiger charge is -2.40. The normalized spacial score (nSPS) is 26.7. The smallest absolute Gasteiger partial charge is 0.0807 e. The predicted octanol–water partition coefficient (Wildman–Crippen LogP) is 4.01. The van der Waals surface area contributed by atoms with Gasteiger partial charge in [0.1, 0.15) is 0 Å². The lowest BCUT2D eigenvalue weighted by molar-refractivity contribution is -0.0947. The van der Waals surface area contributed by atoms with E-state index in [1.54, 1.807) is 0 Å². The van der Waals surface area contributed by atoms with Crippen LogP contribution in [0.4, 0.5) is 0 Å². The Morgan fingerprint density at radius 1 is 1.10 bits per heavy atom. The van der Waals surface area contributed by atoms with Crippen LogP contribution in [0.25, 0.3) is 0 Å². The number of hydrogen-bond donors (Lipinski definition) is 1. The molecule has 0 heterocycles. The lowest BCUT2D eigenvalue weighted by atomic mass is 9.77. The monoisotopic (exact) mass is 299 g/mol. The van der Waals surface area contributed by atoms with Gasteiger partial charge in [0.2, 0.25) is 0 Å². The van der Waals surface area contributed by atoms with Crippen LogP contribution in [-0.2, 0) is 9.47 Å². The molecule has 0 radical (unpaired) electrons.